The predicted molar refractivity (Wildman–Crippen MR) is 85.4 cm³/mol. The van der Waals surface area contributed by atoms with Crippen LogP contribution in [0.15, 0.2) is 42.5 Å². The Balaban J connectivity index is 2.22. The lowest BCUT2D eigenvalue weighted by molar-refractivity contribution is 0.218. The molecule has 106 valence electrons. The van der Waals surface area contributed by atoms with Crippen molar-refractivity contribution in [2.24, 2.45) is 0 Å². The number of rotatable bonds is 4. The van der Waals surface area contributed by atoms with Crippen molar-refractivity contribution in [1.29, 1.82) is 0 Å². The van der Waals surface area contributed by atoms with Crippen LogP contribution in [-0.4, -0.2) is 11.2 Å². The maximum absolute atomic E-state index is 13.1. The minimum absolute atomic E-state index is 0.115. The van der Waals surface area contributed by atoms with Gasteiger partial charge in [0.25, 0.3) is 0 Å². The van der Waals surface area contributed by atoms with Crippen LogP contribution in [0.2, 0.25) is 0 Å². The van der Waals surface area contributed by atoms with Gasteiger partial charge in [-0.15, -0.1) is 0 Å². The second kappa shape index (κ2) is 6.54. The molecule has 0 aliphatic rings. The predicted octanol–water partition coefficient (Wildman–Crippen LogP) is 4.30. The summed E-state index contributed by atoms with van der Waals surface area (Å²) >= 11 is 2.03. The van der Waals surface area contributed by atoms with Crippen LogP contribution in [-0.2, 0) is 0 Å². The second-order valence-electron chi connectivity index (χ2n) is 4.80. The van der Waals surface area contributed by atoms with E-state index in [1.807, 2.05) is 60.7 Å². The fourth-order valence-corrected chi connectivity index (χ4v) is 2.68. The zero-order valence-electron chi connectivity index (χ0n) is 11.3. The third-order valence-electron chi connectivity index (χ3n) is 2.82. The highest BCUT2D eigenvalue weighted by Gasteiger charge is 2.14. The van der Waals surface area contributed by atoms with E-state index in [1.165, 1.54) is 12.1 Å². The Kier molecular flexibility index (Phi) is 4.99. The summed E-state index contributed by atoms with van der Waals surface area (Å²) in [5.41, 5.74) is 1.45. The molecule has 0 aromatic heterocycles. The lowest BCUT2D eigenvalue weighted by atomic mass is 10.0. The van der Waals surface area contributed by atoms with Gasteiger partial charge in [0.05, 0.1) is 6.10 Å². The monoisotopic (exact) mass is 386 g/mol. The zero-order valence-corrected chi connectivity index (χ0v) is 13.5. The van der Waals surface area contributed by atoms with Crippen molar-refractivity contribution in [3.8, 4) is 5.75 Å². The molecule has 2 aromatic carbocycles. The molecule has 1 N–H and O–H groups in total. The van der Waals surface area contributed by atoms with Crippen molar-refractivity contribution in [3.05, 3.63) is 63.0 Å². The van der Waals surface area contributed by atoms with Gasteiger partial charge in [-0.2, -0.15) is 0 Å². The summed E-state index contributed by atoms with van der Waals surface area (Å²) in [6.07, 6.45) is -0.653. The van der Waals surface area contributed by atoms with Crippen LogP contribution in [0.5, 0.6) is 5.75 Å². The Morgan fingerprint density at radius 1 is 1.10 bits per heavy atom. The van der Waals surface area contributed by atoms with Gasteiger partial charge in [0, 0.05) is 3.57 Å². The summed E-state index contributed by atoms with van der Waals surface area (Å²) in [5, 5.41) is 10.4. The molecular weight excluding hydrogens is 370 g/mol. The van der Waals surface area contributed by atoms with Gasteiger partial charge in [0.1, 0.15) is 17.7 Å². The van der Waals surface area contributed by atoms with Crippen LogP contribution in [0.3, 0.4) is 0 Å². The quantitative estimate of drug-likeness (QED) is 0.795. The number of halogens is 2. The number of hydrogen-bond acceptors (Lipinski definition) is 2. The lowest BCUT2D eigenvalue weighted by Crippen LogP contribution is -2.06. The second-order valence-corrected chi connectivity index (χ2v) is 5.97. The van der Waals surface area contributed by atoms with Crippen molar-refractivity contribution in [1.82, 2.24) is 0 Å². The van der Waals surface area contributed by atoms with E-state index in [1.54, 1.807) is 6.07 Å². The SMILES string of the molecule is CC(C)Oc1ccc(C(O)c2ccc(F)cc2I)cc1. The van der Waals surface area contributed by atoms with Crippen molar-refractivity contribution >= 4 is 22.6 Å². The van der Waals surface area contributed by atoms with Crippen molar-refractivity contribution in [3.63, 3.8) is 0 Å². The largest absolute Gasteiger partial charge is 0.491 e. The first kappa shape index (κ1) is 15.3. The average Bonchev–Trinajstić information content (AvgIpc) is 2.38. The summed E-state index contributed by atoms with van der Waals surface area (Å²) in [4.78, 5) is 0. The normalized spacial score (nSPS) is 12.5. The van der Waals surface area contributed by atoms with Gasteiger partial charge in [0.2, 0.25) is 0 Å². The van der Waals surface area contributed by atoms with Crippen LogP contribution in [0.25, 0.3) is 0 Å². The van der Waals surface area contributed by atoms with Gasteiger partial charge in [-0.3, -0.25) is 0 Å². The molecule has 20 heavy (non-hydrogen) atoms. The summed E-state index contributed by atoms with van der Waals surface area (Å²) in [7, 11) is 0. The molecule has 0 heterocycles. The van der Waals surface area contributed by atoms with E-state index < -0.39 is 6.10 Å². The van der Waals surface area contributed by atoms with E-state index >= 15 is 0 Å². The fourth-order valence-electron chi connectivity index (χ4n) is 1.90. The van der Waals surface area contributed by atoms with Crippen LogP contribution in [0, 0.1) is 9.39 Å². The Hall–Kier alpha value is -1.14. The molecule has 0 saturated heterocycles. The van der Waals surface area contributed by atoms with Gasteiger partial charge in [-0.25, -0.2) is 4.39 Å². The maximum Gasteiger partial charge on any atom is 0.124 e. The van der Waals surface area contributed by atoms with Crippen molar-refractivity contribution in [2.45, 2.75) is 26.1 Å². The molecule has 1 unspecified atom stereocenters. The Morgan fingerprint density at radius 2 is 1.75 bits per heavy atom. The van der Waals surface area contributed by atoms with Gasteiger partial charge >= 0.3 is 0 Å². The Morgan fingerprint density at radius 3 is 2.30 bits per heavy atom. The standard InChI is InChI=1S/C16H16FIO2/c1-10(2)20-13-6-3-11(4-7-13)16(19)14-8-5-12(17)9-15(14)18/h3-10,16,19H,1-2H3. The molecule has 0 aliphatic carbocycles. The first-order valence-corrected chi connectivity index (χ1v) is 7.45. The van der Waals surface area contributed by atoms with E-state index in [9.17, 15) is 9.50 Å². The third-order valence-corrected chi connectivity index (χ3v) is 3.76. The highest BCUT2D eigenvalue weighted by molar-refractivity contribution is 14.1. The van der Waals surface area contributed by atoms with Crippen LogP contribution in [0.1, 0.15) is 31.1 Å². The molecule has 0 aliphatic heterocycles. The number of aliphatic hydroxyl groups is 1. The maximum atomic E-state index is 13.1. The molecule has 0 bridgehead atoms. The number of ether oxygens (including phenoxy) is 1. The first-order valence-electron chi connectivity index (χ1n) is 6.37. The zero-order chi connectivity index (χ0) is 14.7. The molecule has 4 heteroatoms. The van der Waals surface area contributed by atoms with Gasteiger partial charge in [-0.05, 0) is 71.8 Å². The molecule has 0 radical (unpaired) electrons. The molecular formula is C16H16FIO2. The Bertz CT molecular complexity index is 582. The Labute approximate surface area is 131 Å². The van der Waals surface area contributed by atoms with E-state index in [0.717, 1.165) is 11.3 Å². The summed E-state index contributed by atoms with van der Waals surface area (Å²) in [6, 6.07) is 11.7. The van der Waals surface area contributed by atoms with E-state index in [4.69, 9.17) is 4.74 Å². The smallest absolute Gasteiger partial charge is 0.124 e. The summed E-state index contributed by atoms with van der Waals surface area (Å²) in [6.45, 7) is 3.92. The minimum Gasteiger partial charge on any atom is -0.491 e. The highest BCUT2D eigenvalue weighted by Crippen LogP contribution is 2.28. The topological polar surface area (TPSA) is 29.5 Å². The third kappa shape index (κ3) is 3.70. The number of benzene rings is 2. The molecule has 1 atom stereocenters. The molecule has 0 spiro atoms. The van der Waals surface area contributed by atoms with Crippen LogP contribution in [0.4, 0.5) is 4.39 Å². The highest BCUT2D eigenvalue weighted by atomic mass is 127. The number of hydrogen-bond donors (Lipinski definition) is 1. The van der Waals surface area contributed by atoms with Crippen LogP contribution >= 0.6 is 22.6 Å². The molecule has 2 aromatic rings. The van der Waals surface area contributed by atoms with Gasteiger partial charge in [-0.1, -0.05) is 18.2 Å². The first-order chi connectivity index (χ1) is 9.47. The summed E-state index contributed by atoms with van der Waals surface area (Å²) in [5.74, 6) is 0.468. The average molecular weight is 386 g/mol. The van der Waals surface area contributed by atoms with Gasteiger partial charge < -0.3 is 9.84 Å². The molecule has 0 fully saturated rings. The molecule has 0 amide bonds. The molecule has 2 rings (SSSR count). The van der Waals surface area contributed by atoms with Crippen LogP contribution < -0.4 is 4.74 Å². The summed E-state index contributed by atoms with van der Waals surface area (Å²) < 4.78 is 19.4. The molecule has 0 saturated carbocycles. The lowest BCUT2D eigenvalue weighted by Gasteiger charge is -2.15. The van der Waals surface area contributed by atoms with Crippen molar-refractivity contribution in [2.75, 3.05) is 0 Å². The molecule has 2 nitrogen and oxygen atoms in total. The van der Waals surface area contributed by atoms with E-state index in [2.05, 4.69) is 0 Å². The minimum atomic E-state index is -0.768. The van der Waals surface area contributed by atoms with E-state index in [-0.39, 0.29) is 11.9 Å². The van der Waals surface area contributed by atoms with Crippen molar-refractivity contribution < 1.29 is 14.2 Å². The number of aliphatic hydroxyl groups excluding tert-OH is 1. The van der Waals surface area contributed by atoms with E-state index in [0.29, 0.717) is 9.13 Å². The van der Waals surface area contributed by atoms with Gasteiger partial charge in [0.15, 0.2) is 0 Å². The fraction of sp³-hybridized carbons (Fsp3) is 0.250.